The highest BCUT2D eigenvalue weighted by Crippen LogP contribution is 2.32. The Morgan fingerprint density at radius 1 is 1.50 bits per heavy atom. The molecule has 1 aromatic rings. The fourth-order valence-corrected chi connectivity index (χ4v) is 2.70. The quantitative estimate of drug-likeness (QED) is 0.491. The first-order valence-corrected chi connectivity index (χ1v) is 8.11. The van der Waals surface area contributed by atoms with Crippen molar-refractivity contribution >= 4 is 37.4 Å². The van der Waals surface area contributed by atoms with E-state index in [4.69, 9.17) is 17.4 Å². The summed E-state index contributed by atoms with van der Waals surface area (Å²) in [4.78, 5) is 0. The van der Waals surface area contributed by atoms with E-state index in [2.05, 4.69) is 21.4 Å². The molecule has 2 unspecified atom stereocenters. The second kappa shape index (κ2) is 5.83. The summed E-state index contributed by atoms with van der Waals surface area (Å²) in [6, 6.07) is 2.11. The van der Waals surface area contributed by atoms with Crippen LogP contribution in [-0.2, 0) is 9.84 Å². The van der Waals surface area contributed by atoms with Crippen molar-refractivity contribution in [2.24, 2.45) is 5.84 Å². The lowest BCUT2D eigenvalue weighted by atomic mass is 10.0. The predicted octanol–water partition coefficient (Wildman–Crippen LogP) is 2.18. The van der Waals surface area contributed by atoms with E-state index in [0.29, 0.717) is 4.47 Å². The van der Waals surface area contributed by atoms with E-state index < -0.39 is 26.9 Å². The second-order valence-electron chi connectivity index (χ2n) is 3.94. The largest absolute Gasteiger partial charge is 0.271 e. The molecule has 0 fully saturated rings. The van der Waals surface area contributed by atoms with E-state index >= 15 is 0 Å². The van der Waals surface area contributed by atoms with Crippen LogP contribution in [0.2, 0.25) is 5.02 Å². The Balaban J connectivity index is 3.31. The van der Waals surface area contributed by atoms with E-state index in [1.807, 2.05) is 0 Å². The van der Waals surface area contributed by atoms with Gasteiger partial charge in [0.1, 0.15) is 5.82 Å². The number of nitrogens with one attached hydrogen (secondary N) is 1. The van der Waals surface area contributed by atoms with Gasteiger partial charge in [0.25, 0.3) is 0 Å². The van der Waals surface area contributed by atoms with Crippen LogP contribution >= 0.6 is 27.5 Å². The molecule has 0 bridgehead atoms. The van der Waals surface area contributed by atoms with Gasteiger partial charge in [0.05, 0.1) is 16.3 Å². The maximum Gasteiger partial charge on any atom is 0.151 e. The molecular formula is C10H13BrClFN2O2S. The van der Waals surface area contributed by atoms with Crippen molar-refractivity contribution < 1.29 is 12.8 Å². The van der Waals surface area contributed by atoms with E-state index in [9.17, 15) is 12.8 Å². The number of sulfone groups is 1. The molecule has 0 aliphatic rings. The molecule has 102 valence electrons. The molecule has 18 heavy (non-hydrogen) atoms. The van der Waals surface area contributed by atoms with Crippen molar-refractivity contribution in [1.29, 1.82) is 0 Å². The molecule has 0 aliphatic carbocycles. The minimum Gasteiger partial charge on any atom is -0.271 e. The molecule has 0 aliphatic heterocycles. The Morgan fingerprint density at radius 3 is 2.50 bits per heavy atom. The number of rotatable bonds is 4. The average Bonchev–Trinajstić information content (AvgIpc) is 2.28. The average molecular weight is 360 g/mol. The third-order valence-electron chi connectivity index (χ3n) is 2.72. The molecule has 0 heterocycles. The summed E-state index contributed by atoms with van der Waals surface area (Å²) in [6.07, 6.45) is 1.07. The van der Waals surface area contributed by atoms with Crippen LogP contribution in [0, 0.1) is 5.82 Å². The highest BCUT2D eigenvalue weighted by Gasteiger charge is 2.29. The zero-order valence-corrected chi connectivity index (χ0v) is 12.9. The molecule has 8 heteroatoms. The van der Waals surface area contributed by atoms with Crippen molar-refractivity contribution in [2.75, 3.05) is 6.26 Å². The Labute approximate surface area is 119 Å². The first-order valence-electron chi connectivity index (χ1n) is 4.98. The smallest absolute Gasteiger partial charge is 0.151 e. The molecule has 1 aromatic carbocycles. The standard InChI is InChI=1S/C10H13BrClFN2O2S/c1-5(18(2,16)17)10(15-14)6-3-4-7(11)8(12)9(6)13/h3-5,10,15H,14H2,1-2H3. The van der Waals surface area contributed by atoms with E-state index in [0.717, 1.165) is 6.26 Å². The van der Waals surface area contributed by atoms with Gasteiger partial charge in [-0.05, 0) is 28.9 Å². The fourth-order valence-electron chi connectivity index (χ4n) is 1.51. The zero-order valence-electron chi connectivity index (χ0n) is 9.75. The summed E-state index contributed by atoms with van der Waals surface area (Å²) in [5.41, 5.74) is 2.43. The lowest BCUT2D eigenvalue weighted by Gasteiger charge is -2.23. The van der Waals surface area contributed by atoms with Crippen molar-refractivity contribution in [3.8, 4) is 0 Å². The van der Waals surface area contributed by atoms with Crippen LogP contribution in [-0.4, -0.2) is 19.9 Å². The number of hydrogen-bond acceptors (Lipinski definition) is 4. The molecule has 0 aromatic heterocycles. The van der Waals surface area contributed by atoms with Gasteiger partial charge < -0.3 is 0 Å². The van der Waals surface area contributed by atoms with Crippen LogP contribution in [0.5, 0.6) is 0 Å². The lowest BCUT2D eigenvalue weighted by molar-refractivity contribution is 0.488. The van der Waals surface area contributed by atoms with Crippen molar-refractivity contribution in [3.05, 3.63) is 33.0 Å². The maximum atomic E-state index is 14.0. The van der Waals surface area contributed by atoms with Crippen LogP contribution in [0.1, 0.15) is 18.5 Å². The van der Waals surface area contributed by atoms with Gasteiger partial charge in [-0.15, -0.1) is 0 Å². The molecule has 3 N–H and O–H groups in total. The maximum absolute atomic E-state index is 14.0. The first-order chi connectivity index (χ1) is 8.20. The van der Waals surface area contributed by atoms with E-state index in [1.165, 1.54) is 13.0 Å². The molecule has 2 atom stereocenters. The highest BCUT2D eigenvalue weighted by atomic mass is 79.9. The Bertz CT molecular complexity index is 553. The van der Waals surface area contributed by atoms with Gasteiger partial charge >= 0.3 is 0 Å². The molecule has 0 saturated heterocycles. The van der Waals surface area contributed by atoms with Gasteiger partial charge in [0, 0.05) is 16.3 Å². The third kappa shape index (κ3) is 3.21. The highest BCUT2D eigenvalue weighted by molar-refractivity contribution is 9.10. The number of benzene rings is 1. The monoisotopic (exact) mass is 358 g/mol. The van der Waals surface area contributed by atoms with Crippen LogP contribution < -0.4 is 11.3 Å². The molecule has 4 nitrogen and oxygen atoms in total. The van der Waals surface area contributed by atoms with E-state index in [-0.39, 0.29) is 10.6 Å². The van der Waals surface area contributed by atoms with Crippen LogP contribution in [0.4, 0.5) is 4.39 Å². The summed E-state index contributed by atoms with van der Waals surface area (Å²) < 4.78 is 37.4. The van der Waals surface area contributed by atoms with Gasteiger partial charge in [-0.2, -0.15) is 0 Å². The fraction of sp³-hybridized carbons (Fsp3) is 0.400. The molecule has 0 radical (unpaired) electrons. The summed E-state index contributed by atoms with van der Waals surface area (Å²) in [5, 5.41) is -0.984. The summed E-state index contributed by atoms with van der Waals surface area (Å²) in [7, 11) is -3.37. The number of hydrogen-bond donors (Lipinski definition) is 2. The molecular weight excluding hydrogens is 347 g/mol. The minimum absolute atomic E-state index is 0.103. The van der Waals surface area contributed by atoms with Crippen molar-refractivity contribution in [3.63, 3.8) is 0 Å². The third-order valence-corrected chi connectivity index (χ3v) is 5.61. The molecule has 0 saturated carbocycles. The summed E-state index contributed by atoms with van der Waals surface area (Å²) >= 11 is 8.85. The molecule has 1 rings (SSSR count). The van der Waals surface area contributed by atoms with Crippen LogP contribution in [0.25, 0.3) is 0 Å². The lowest BCUT2D eigenvalue weighted by Crippen LogP contribution is -2.39. The zero-order chi connectivity index (χ0) is 14.1. The summed E-state index contributed by atoms with van der Waals surface area (Å²) in [5.74, 6) is 4.63. The van der Waals surface area contributed by atoms with Gasteiger partial charge in [0.2, 0.25) is 0 Å². The van der Waals surface area contributed by atoms with Gasteiger partial charge in [0.15, 0.2) is 9.84 Å². The van der Waals surface area contributed by atoms with Gasteiger partial charge in [-0.1, -0.05) is 17.7 Å². The SMILES string of the molecule is CC(C(NN)c1ccc(Br)c(Cl)c1F)S(C)(=O)=O. The number of halogens is 3. The first kappa shape index (κ1) is 15.8. The van der Waals surface area contributed by atoms with Crippen LogP contribution in [0.15, 0.2) is 16.6 Å². The number of hydrazine groups is 1. The Hall–Kier alpha value is -0.210. The van der Waals surface area contributed by atoms with Crippen molar-refractivity contribution in [1.82, 2.24) is 5.43 Å². The molecule has 0 amide bonds. The Morgan fingerprint density at radius 2 is 2.06 bits per heavy atom. The van der Waals surface area contributed by atoms with E-state index in [1.54, 1.807) is 6.07 Å². The second-order valence-corrected chi connectivity index (χ2v) is 7.58. The Kier molecular flexibility index (Phi) is 5.13. The van der Waals surface area contributed by atoms with Crippen molar-refractivity contribution in [2.45, 2.75) is 18.2 Å². The molecule has 0 spiro atoms. The normalized spacial score (nSPS) is 15.4. The predicted molar refractivity (Wildman–Crippen MR) is 73.5 cm³/mol. The van der Waals surface area contributed by atoms with Gasteiger partial charge in [-0.25, -0.2) is 12.8 Å². The number of nitrogens with two attached hydrogens (primary N) is 1. The van der Waals surface area contributed by atoms with Gasteiger partial charge in [-0.3, -0.25) is 11.3 Å². The minimum atomic E-state index is -3.37. The topological polar surface area (TPSA) is 72.2 Å². The summed E-state index contributed by atoms with van der Waals surface area (Å²) in [6.45, 7) is 1.45. The van der Waals surface area contributed by atoms with Crippen LogP contribution in [0.3, 0.4) is 0 Å².